The molecule has 0 aliphatic carbocycles. The van der Waals surface area contributed by atoms with Crippen molar-refractivity contribution in [2.24, 2.45) is 0 Å². The highest BCUT2D eigenvalue weighted by molar-refractivity contribution is 7.92. The number of benzene rings is 2. The third-order valence-corrected chi connectivity index (χ3v) is 7.71. The first-order valence-corrected chi connectivity index (χ1v) is 12.0. The molecule has 0 unspecified atom stereocenters. The van der Waals surface area contributed by atoms with Gasteiger partial charge < -0.3 is 5.32 Å². The zero-order chi connectivity index (χ0) is 21.9. The van der Waals surface area contributed by atoms with E-state index in [1.165, 1.54) is 0 Å². The van der Waals surface area contributed by atoms with E-state index in [1.54, 1.807) is 35.6 Å². The predicted molar refractivity (Wildman–Crippen MR) is 123 cm³/mol. The van der Waals surface area contributed by atoms with Crippen LogP contribution >= 0.6 is 11.3 Å². The van der Waals surface area contributed by atoms with Crippen molar-refractivity contribution in [2.45, 2.75) is 45.6 Å². The molecule has 0 saturated carbocycles. The van der Waals surface area contributed by atoms with E-state index in [4.69, 9.17) is 0 Å². The minimum Gasteiger partial charge on any atom is -0.351 e. The van der Waals surface area contributed by atoms with Crippen molar-refractivity contribution in [1.82, 2.24) is 5.32 Å². The first-order valence-electron chi connectivity index (χ1n) is 9.65. The number of anilines is 1. The number of sulfonamides is 1. The monoisotopic (exact) mass is 442 g/mol. The predicted octanol–water partition coefficient (Wildman–Crippen LogP) is 4.64. The maximum Gasteiger partial charge on any atom is 0.262 e. The van der Waals surface area contributed by atoms with Crippen molar-refractivity contribution >= 4 is 33.0 Å². The van der Waals surface area contributed by atoms with Crippen LogP contribution in [-0.2, 0) is 27.8 Å². The van der Waals surface area contributed by atoms with Crippen LogP contribution in [0.15, 0.2) is 52.7 Å². The lowest BCUT2D eigenvalue weighted by Crippen LogP contribution is -2.24. The molecule has 3 aromatic rings. The molecule has 0 radical (unpaired) electrons. The third kappa shape index (κ3) is 5.09. The molecule has 1 amide bonds. The molecule has 0 aliphatic heterocycles. The van der Waals surface area contributed by atoms with Crippen LogP contribution in [0.2, 0.25) is 0 Å². The normalized spacial score (nSPS) is 11.3. The summed E-state index contributed by atoms with van der Waals surface area (Å²) in [6, 6.07) is 12.8. The number of rotatable bonds is 7. The van der Waals surface area contributed by atoms with E-state index in [0.717, 1.165) is 32.7 Å². The van der Waals surface area contributed by atoms with Gasteiger partial charge in [0.2, 0.25) is 5.91 Å². The van der Waals surface area contributed by atoms with Crippen LogP contribution < -0.4 is 10.0 Å². The Morgan fingerprint density at radius 2 is 1.60 bits per heavy atom. The molecule has 1 heterocycles. The van der Waals surface area contributed by atoms with Crippen LogP contribution in [0.4, 0.5) is 5.69 Å². The number of nitrogens with one attached hydrogen (secondary N) is 2. The molecule has 1 aromatic heterocycles. The van der Waals surface area contributed by atoms with Gasteiger partial charge in [0.1, 0.15) is 0 Å². The molecule has 0 bridgehead atoms. The molecule has 3 rings (SSSR count). The molecule has 2 N–H and O–H groups in total. The minimum absolute atomic E-state index is 0.0711. The van der Waals surface area contributed by atoms with Crippen LogP contribution in [0, 0.1) is 27.7 Å². The number of carbonyl (C=O) groups is 1. The second kappa shape index (κ2) is 9.02. The fourth-order valence-electron chi connectivity index (χ4n) is 3.33. The Kier molecular flexibility index (Phi) is 6.63. The first kappa shape index (κ1) is 22.1. The van der Waals surface area contributed by atoms with E-state index < -0.39 is 10.0 Å². The second-order valence-corrected chi connectivity index (χ2v) is 10.1. The maximum absolute atomic E-state index is 13.0. The molecule has 0 saturated heterocycles. The summed E-state index contributed by atoms with van der Waals surface area (Å²) in [6.45, 7) is 8.00. The van der Waals surface area contributed by atoms with Gasteiger partial charge in [-0.05, 0) is 79.1 Å². The Balaban J connectivity index is 1.69. The van der Waals surface area contributed by atoms with Crippen molar-refractivity contribution in [2.75, 3.05) is 4.72 Å². The molecule has 2 aromatic carbocycles. The summed E-state index contributed by atoms with van der Waals surface area (Å²) in [6.07, 6.45) is 0.244. The van der Waals surface area contributed by atoms with E-state index in [9.17, 15) is 13.2 Å². The van der Waals surface area contributed by atoms with Crippen molar-refractivity contribution in [3.63, 3.8) is 0 Å². The first-order chi connectivity index (χ1) is 14.2. The van der Waals surface area contributed by atoms with Gasteiger partial charge in [-0.1, -0.05) is 24.3 Å². The second-order valence-electron chi connectivity index (χ2n) is 7.42. The fourth-order valence-corrected chi connectivity index (χ4v) is 5.65. The van der Waals surface area contributed by atoms with E-state index in [2.05, 4.69) is 10.0 Å². The third-order valence-electron chi connectivity index (χ3n) is 5.18. The molecule has 0 spiro atoms. The summed E-state index contributed by atoms with van der Waals surface area (Å²) >= 11 is 1.60. The van der Waals surface area contributed by atoms with Gasteiger partial charge in [0, 0.05) is 10.6 Å². The minimum atomic E-state index is -3.72. The van der Waals surface area contributed by atoms with Crippen molar-refractivity contribution in [3.05, 3.63) is 80.5 Å². The van der Waals surface area contributed by atoms with Gasteiger partial charge in [0.25, 0.3) is 10.0 Å². The Labute approximate surface area is 182 Å². The Morgan fingerprint density at radius 3 is 2.17 bits per heavy atom. The smallest absolute Gasteiger partial charge is 0.262 e. The lowest BCUT2D eigenvalue weighted by atomic mass is 10.0. The van der Waals surface area contributed by atoms with E-state index >= 15 is 0 Å². The largest absolute Gasteiger partial charge is 0.351 e. The number of hydrogen-bond acceptors (Lipinski definition) is 4. The van der Waals surface area contributed by atoms with Gasteiger partial charge in [-0.3, -0.25) is 9.52 Å². The molecule has 30 heavy (non-hydrogen) atoms. The lowest BCUT2D eigenvalue weighted by molar-refractivity contribution is -0.120. The lowest BCUT2D eigenvalue weighted by Gasteiger charge is -2.17. The quantitative estimate of drug-likeness (QED) is 0.560. The highest BCUT2D eigenvalue weighted by Crippen LogP contribution is 2.28. The number of amides is 1. The molecule has 0 aliphatic rings. The van der Waals surface area contributed by atoms with Gasteiger partial charge in [-0.15, -0.1) is 11.3 Å². The SMILES string of the molecule is Cc1cc(C)c(C)c(S(=O)(=O)Nc2ccc(CC(=O)NCc3cccs3)cc2)c1C. The molecular weight excluding hydrogens is 416 g/mol. The summed E-state index contributed by atoms with van der Waals surface area (Å²) in [4.78, 5) is 13.6. The van der Waals surface area contributed by atoms with Crippen molar-refractivity contribution in [1.29, 1.82) is 0 Å². The summed E-state index contributed by atoms with van der Waals surface area (Å²) in [5.41, 5.74) is 4.69. The number of carbonyl (C=O) groups excluding carboxylic acids is 1. The zero-order valence-electron chi connectivity index (χ0n) is 17.6. The summed E-state index contributed by atoms with van der Waals surface area (Å²) in [7, 11) is -3.72. The standard InChI is InChI=1S/C23H26N2O3S2/c1-15-12-16(2)18(4)23(17(15)3)30(27,28)25-20-9-7-19(8-10-20)13-22(26)24-14-21-6-5-11-29-21/h5-12,25H,13-14H2,1-4H3,(H,24,26). The Morgan fingerprint density at radius 1 is 0.967 bits per heavy atom. The van der Waals surface area contributed by atoms with Gasteiger partial charge >= 0.3 is 0 Å². The highest BCUT2D eigenvalue weighted by Gasteiger charge is 2.22. The molecule has 0 atom stereocenters. The molecule has 0 fully saturated rings. The van der Waals surface area contributed by atoms with E-state index in [1.807, 2.05) is 51.3 Å². The molecular formula is C23H26N2O3S2. The number of thiophene rings is 1. The topological polar surface area (TPSA) is 75.3 Å². The van der Waals surface area contributed by atoms with Crippen LogP contribution in [0.1, 0.15) is 32.7 Å². The Bertz CT molecular complexity index is 1120. The van der Waals surface area contributed by atoms with Crippen LogP contribution in [0.5, 0.6) is 0 Å². The number of aryl methyl sites for hydroxylation is 2. The van der Waals surface area contributed by atoms with Gasteiger partial charge in [-0.25, -0.2) is 8.42 Å². The van der Waals surface area contributed by atoms with Gasteiger partial charge in [0.05, 0.1) is 17.9 Å². The summed E-state index contributed by atoms with van der Waals surface area (Å²) in [5.74, 6) is -0.0711. The highest BCUT2D eigenvalue weighted by atomic mass is 32.2. The van der Waals surface area contributed by atoms with Gasteiger partial charge in [0.15, 0.2) is 0 Å². The van der Waals surface area contributed by atoms with E-state index in [-0.39, 0.29) is 12.3 Å². The number of hydrogen-bond donors (Lipinski definition) is 2. The summed E-state index contributed by atoms with van der Waals surface area (Å²) < 4.78 is 28.7. The van der Waals surface area contributed by atoms with Crippen LogP contribution in [0.25, 0.3) is 0 Å². The maximum atomic E-state index is 13.0. The van der Waals surface area contributed by atoms with Gasteiger partial charge in [-0.2, -0.15) is 0 Å². The average molecular weight is 443 g/mol. The zero-order valence-corrected chi connectivity index (χ0v) is 19.2. The van der Waals surface area contributed by atoms with Crippen LogP contribution in [0.3, 0.4) is 0 Å². The fraction of sp³-hybridized carbons (Fsp3) is 0.261. The van der Waals surface area contributed by atoms with E-state index in [0.29, 0.717) is 17.1 Å². The molecule has 158 valence electrons. The Hall–Kier alpha value is -2.64. The molecule has 5 nitrogen and oxygen atoms in total. The summed E-state index contributed by atoms with van der Waals surface area (Å²) in [5, 5.41) is 4.87. The average Bonchev–Trinajstić information content (AvgIpc) is 3.20. The van der Waals surface area contributed by atoms with Crippen molar-refractivity contribution < 1.29 is 13.2 Å². The van der Waals surface area contributed by atoms with Crippen molar-refractivity contribution in [3.8, 4) is 0 Å². The molecule has 7 heteroatoms. The van der Waals surface area contributed by atoms with Crippen LogP contribution in [-0.4, -0.2) is 14.3 Å².